The highest BCUT2D eigenvalue weighted by Crippen LogP contribution is 2.37. The molecule has 0 spiro atoms. The lowest BCUT2D eigenvalue weighted by Crippen LogP contribution is -2.34. The van der Waals surface area contributed by atoms with Crippen LogP contribution in [-0.2, 0) is 21.1 Å². The van der Waals surface area contributed by atoms with Crippen molar-refractivity contribution in [3.05, 3.63) is 62.6 Å². The van der Waals surface area contributed by atoms with Crippen molar-refractivity contribution in [1.82, 2.24) is 15.5 Å². The third kappa shape index (κ3) is 9.46. The third-order valence-electron chi connectivity index (χ3n) is 5.14. The fraction of sp³-hybridized carbons (Fsp3) is 0.346. The number of aliphatic carboxylic acids is 1. The van der Waals surface area contributed by atoms with E-state index in [2.05, 4.69) is 36.3 Å². The lowest BCUT2D eigenvalue weighted by molar-refractivity contribution is -0.146. The minimum absolute atomic E-state index is 0.0246. The van der Waals surface area contributed by atoms with Crippen LogP contribution in [0.1, 0.15) is 48.6 Å². The van der Waals surface area contributed by atoms with E-state index in [1.807, 2.05) is 0 Å². The predicted molar refractivity (Wildman–Crippen MR) is 152 cm³/mol. The lowest BCUT2D eigenvalue weighted by atomic mass is 9.98. The Labute approximate surface area is 253 Å². The Morgan fingerprint density at radius 3 is 2.19 bits per heavy atom. The van der Waals surface area contributed by atoms with Crippen molar-refractivity contribution in [3.8, 4) is 11.5 Å². The first-order chi connectivity index (χ1) is 19.3. The lowest BCUT2D eigenvalue weighted by Gasteiger charge is -2.13. The van der Waals surface area contributed by atoms with Crippen LogP contribution in [0.25, 0.3) is 0 Å². The highest BCUT2D eigenvalue weighted by Gasteiger charge is 2.31. The maximum Gasteiger partial charge on any atom is 0.416 e. The number of halogens is 5. The van der Waals surface area contributed by atoms with Gasteiger partial charge < -0.3 is 19.9 Å². The maximum atomic E-state index is 12.7. The number of hydrogen-bond donors (Lipinski definition) is 2. The molecular formula is C26H27Cl2F3N4O6S. The number of urea groups is 1. The zero-order valence-corrected chi connectivity index (χ0v) is 25.5. The highest BCUT2D eigenvalue weighted by molar-refractivity contribution is 7.15. The second-order valence-corrected chi connectivity index (χ2v) is 11.3. The van der Waals surface area contributed by atoms with E-state index in [0.29, 0.717) is 11.2 Å². The highest BCUT2D eigenvalue weighted by atomic mass is 35.5. The quantitative estimate of drug-likeness (QED) is 0.271. The second kappa shape index (κ2) is 14.0. The van der Waals surface area contributed by atoms with Gasteiger partial charge in [-0.2, -0.15) is 13.2 Å². The van der Waals surface area contributed by atoms with Gasteiger partial charge in [-0.3, -0.25) is 4.90 Å². The molecule has 2 N–H and O–H groups in total. The number of carboxylic acid groups (broad SMARTS) is 1. The smallest absolute Gasteiger partial charge is 0.416 e. The van der Waals surface area contributed by atoms with Crippen molar-refractivity contribution in [2.45, 2.75) is 45.4 Å². The summed E-state index contributed by atoms with van der Waals surface area (Å²) < 4.78 is 48.1. The van der Waals surface area contributed by atoms with Crippen LogP contribution in [0.4, 0.5) is 23.1 Å². The molecule has 0 aliphatic heterocycles. The standard InChI is InChI=1S/C17H11Cl2F3O5.C9H16N4OS/c1-8(15(23)24)26-16(25)11-7-10(3-4-12(11)18)27-14-5-2-9(6-13(14)19)17(20,21)22;1-9(2,3)6-11-12-8(15-6)13(5)7(14)10-4/h2-8H,1H3,(H,23,24);1-5H3,(H,10,14)/t8-;/m0./s1. The van der Waals surface area contributed by atoms with Crippen molar-refractivity contribution in [2.24, 2.45) is 0 Å². The summed E-state index contributed by atoms with van der Waals surface area (Å²) in [5.41, 5.74) is -1.15. The van der Waals surface area contributed by atoms with Crippen molar-refractivity contribution >= 4 is 57.6 Å². The molecule has 0 aliphatic rings. The number of benzene rings is 2. The van der Waals surface area contributed by atoms with E-state index in [1.54, 1.807) is 14.1 Å². The van der Waals surface area contributed by atoms with Crippen molar-refractivity contribution in [3.63, 3.8) is 0 Å². The minimum atomic E-state index is -4.56. The molecule has 0 bridgehead atoms. The zero-order chi connectivity index (χ0) is 32.0. The van der Waals surface area contributed by atoms with Crippen LogP contribution in [0.15, 0.2) is 36.4 Å². The second-order valence-electron chi connectivity index (χ2n) is 9.53. The molecule has 0 radical (unpaired) electrons. The van der Waals surface area contributed by atoms with Crippen LogP contribution in [0.5, 0.6) is 11.5 Å². The molecule has 0 unspecified atom stereocenters. The predicted octanol–water partition coefficient (Wildman–Crippen LogP) is 7.05. The summed E-state index contributed by atoms with van der Waals surface area (Å²) >= 11 is 13.2. The van der Waals surface area contributed by atoms with Gasteiger partial charge in [-0.25, -0.2) is 14.4 Å². The first kappa shape index (κ1) is 34.6. The number of anilines is 1. The monoisotopic (exact) mass is 650 g/mol. The number of esters is 1. The van der Waals surface area contributed by atoms with Gasteiger partial charge in [0, 0.05) is 19.5 Å². The van der Waals surface area contributed by atoms with E-state index in [9.17, 15) is 27.6 Å². The Balaban J connectivity index is 0.000000347. The summed E-state index contributed by atoms with van der Waals surface area (Å²) in [5.74, 6) is -2.39. The van der Waals surface area contributed by atoms with E-state index >= 15 is 0 Å². The van der Waals surface area contributed by atoms with Crippen LogP contribution in [0, 0.1) is 0 Å². The number of rotatable bonds is 6. The first-order valence-corrected chi connectivity index (χ1v) is 13.5. The molecule has 3 aromatic rings. The van der Waals surface area contributed by atoms with Crippen molar-refractivity contribution in [1.29, 1.82) is 0 Å². The number of carbonyl (C=O) groups is 3. The average molecular weight is 651 g/mol. The number of carbonyl (C=O) groups excluding carboxylic acids is 2. The molecular weight excluding hydrogens is 624 g/mol. The number of aromatic nitrogens is 2. The normalized spacial score (nSPS) is 12.0. The Kier molecular flexibility index (Phi) is 11.6. The van der Waals surface area contributed by atoms with Crippen LogP contribution < -0.4 is 15.0 Å². The number of amides is 2. The fourth-order valence-corrected chi connectivity index (χ4v) is 4.07. The van der Waals surface area contributed by atoms with Crippen LogP contribution >= 0.6 is 34.5 Å². The minimum Gasteiger partial charge on any atom is -0.479 e. The summed E-state index contributed by atoms with van der Waals surface area (Å²) in [7, 11) is 3.26. The number of nitrogens with one attached hydrogen (secondary N) is 1. The molecule has 1 aromatic heterocycles. The van der Waals surface area contributed by atoms with Gasteiger partial charge in [-0.1, -0.05) is 55.3 Å². The van der Waals surface area contributed by atoms with E-state index in [-0.39, 0.29) is 38.6 Å². The summed E-state index contributed by atoms with van der Waals surface area (Å²) in [5, 5.41) is 20.6. The number of hydrogen-bond acceptors (Lipinski definition) is 8. The molecule has 1 heterocycles. The zero-order valence-electron chi connectivity index (χ0n) is 23.2. The van der Waals surface area contributed by atoms with Gasteiger partial charge in [0.2, 0.25) is 5.13 Å². The molecule has 10 nitrogen and oxygen atoms in total. The SMILES string of the molecule is CNC(=O)N(C)c1nnc(C(C)(C)C)s1.C[C@H](OC(=O)c1cc(Oc2ccc(C(F)(F)F)cc2Cl)ccc1Cl)C(=O)O. The number of ether oxygens (including phenoxy) is 2. The molecule has 228 valence electrons. The Bertz CT molecular complexity index is 1450. The molecule has 3 rings (SSSR count). The van der Waals surface area contributed by atoms with Crippen molar-refractivity contribution < 1.29 is 42.1 Å². The van der Waals surface area contributed by atoms with Gasteiger partial charge in [0.1, 0.15) is 16.5 Å². The summed E-state index contributed by atoms with van der Waals surface area (Å²) in [6, 6.07) is 6.14. The third-order valence-corrected chi connectivity index (χ3v) is 7.19. The molecule has 0 fully saturated rings. The molecule has 0 saturated heterocycles. The van der Waals surface area contributed by atoms with Crippen molar-refractivity contribution in [2.75, 3.05) is 19.0 Å². The largest absolute Gasteiger partial charge is 0.479 e. The Morgan fingerprint density at radius 1 is 1.05 bits per heavy atom. The summed E-state index contributed by atoms with van der Waals surface area (Å²) in [6.07, 6.45) is -5.96. The van der Waals surface area contributed by atoms with Gasteiger partial charge in [0.25, 0.3) is 0 Å². The molecule has 0 aliphatic carbocycles. The van der Waals surface area contributed by atoms with E-state index < -0.39 is 29.8 Å². The van der Waals surface area contributed by atoms with Gasteiger partial charge in [-0.05, 0) is 43.3 Å². The van der Waals surface area contributed by atoms with E-state index in [1.165, 1.54) is 28.4 Å². The van der Waals surface area contributed by atoms with Gasteiger partial charge >= 0.3 is 24.1 Å². The molecule has 1 atom stereocenters. The average Bonchev–Trinajstić information content (AvgIpc) is 3.41. The molecule has 0 saturated carbocycles. The van der Waals surface area contributed by atoms with Crippen LogP contribution in [0.2, 0.25) is 10.0 Å². The molecule has 42 heavy (non-hydrogen) atoms. The number of alkyl halides is 3. The van der Waals surface area contributed by atoms with E-state index in [0.717, 1.165) is 30.1 Å². The number of nitrogens with zero attached hydrogens (tertiary/aromatic N) is 3. The molecule has 16 heteroatoms. The van der Waals surface area contributed by atoms with E-state index in [4.69, 9.17) is 37.8 Å². The topological polar surface area (TPSA) is 131 Å². The maximum absolute atomic E-state index is 12.7. The number of carboxylic acids is 1. The summed E-state index contributed by atoms with van der Waals surface area (Å²) in [4.78, 5) is 35.6. The first-order valence-electron chi connectivity index (χ1n) is 11.9. The van der Waals surface area contributed by atoms with Gasteiger partial charge in [0.15, 0.2) is 6.10 Å². The van der Waals surface area contributed by atoms with Gasteiger partial charge in [0.05, 0.1) is 21.2 Å². The molecule has 2 aromatic carbocycles. The van der Waals surface area contributed by atoms with Crippen LogP contribution in [-0.4, -0.2) is 53.5 Å². The molecule has 2 amide bonds. The Morgan fingerprint density at radius 2 is 1.69 bits per heavy atom. The van der Waals surface area contributed by atoms with Crippen LogP contribution in [0.3, 0.4) is 0 Å². The fourth-order valence-electron chi connectivity index (χ4n) is 2.79. The summed E-state index contributed by atoms with van der Waals surface area (Å²) in [6.45, 7) is 7.36. The Hall–Kier alpha value is -3.62. The van der Waals surface area contributed by atoms with Gasteiger partial charge in [-0.15, -0.1) is 10.2 Å².